The molecule has 0 aliphatic carbocycles. The van der Waals surface area contributed by atoms with E-state index in [1.807, 2.05) is 35.0 Å². The van der Waals surface area contributed by atoms with E-state index in [0.717, 1.165) is 18.6 Å². The van der Waals surface area contributed by atoms with Crippen LogP contribution in [0.2, 0.25) is 0 Å². The van der Waals surface area contributed by atoms with E-state index in [9.17, 15) is 4.39 Å². The maximum Gasteiger partial charge on any atom is 0.137 e. The molecule has 0 radical (unpaired) electrons. The quantitative estimate of drug-likeness (QED) is 0.525. The number of pyridine rings is 1. The minimum Gasteiger partial charge on any atom is -0.390 e. The third-order valence-electron chi connectivity index (χ3n) is 5.54. The second-order valence-electron chi connectivity index (χ2n) is 8.66. The minimum atomic E-state index is -1.14. The van der Waals surface area contributed by atoms with Gasteiger partial charge in [0, 0.05) is 48.1 Å². The fourth-order valence-electron chi connectivity index (χ4n) is 4.17. The molecule has 30 heavy (non-hydrogen) atoms. The normalized spacial score (nSPS) is 17.0. The molecule has 0 saturated carbocycles. The monoisotopic (exact) mass is 408 g/mol. The summed E-state index contributed by atoms with van der Waals surface area (Å²) in [5.41, 5.74) is 4.30. The van der Waals surface area contributed by atoms with Gasteiger partial charge < -0.3 is 14.5 Å². The largest absolute Gasteiger partial charge is 0.390 e. The number of H-pyrrole nitrogens is 1. The van der Waals surface area contributed by atoms with Gasteiger partial charge in [-0.25, -0.2) is 9.37 Å². The summed E-state index contributed by atoms with van der Waals surface area (Å²) in [5.74, 6) is 0. The van der Waals surface area contributed by atoms with Crippen molar-refractivity contribution >= 4 is 16.6 Å². The van der Waals surface area contributed by atoms with Crippen molar-refractivity contribution in [3.63, 3.8) is 0 Å². The predicted molar refractivity (Wildman–Crippen MR) is 118 cm³/mol. The van der Waals surface area contributed by atoms with Crippen molar-refractivity contribution < 1.29 is 9.50 Å². The van der Waals surface area contributed by atoms with Crippen LogP contribution < -0.4 is 0 Å². The Balaban J connectivity index is 0.000000168. The van der Waals surface area contributed by atoms with E-state index in [0.29, 0.717) is 18.3 Å². The molecule has 1 aliphatic rings. The zero-order chi connectivity index (χ0) is 21.3. The summed E-state index contributed by atoms with van der Waals surface area (Å²) in [5, 5.41) is 10.1. The van der Waals surface area contributed by atoms with Crippen molar-refractivity contribution in [2.75, 3.05) is 6.54 Å². The van der Waals surface area contributed by atoms with Crippen molar-refractivity contribution in [1.82, 2.24) is 19.3 Å². The minimum absolute atomic E-state index is 0.00167. The molecule has 0 spiro atoms. The lowest BCUT2D eigenvalue weighted by atomic mass is 9.96. The molecule has 158 valence electrons. The van der Waals surface area contributed by atoms with Gasteiger partial charge in [-0.15, -0.1) is 0 Å². The molecular formula is C24H29FN4O. The average molecular weight is 409 g/mol. The molecule has 1 aromatic carbocycles. The number of aliphatic hydroxyl groups is 1. The van der Waals surface area contributed by atoms with Gasteiger partial charge in [-0.2, -0.15) is 0 Å². The number of fused-ring (bicyclic) bond motifs is 4. The molecule has 0 amide bonds. The fourth-order valence-corrected chi connectivity index (χ4v) is 4.17. The van der Waals surface area contributed by atoms with Crippen LogP contribution in [0.4, 0.5) is 4.39 Å². The van der Waals surface area contributed by atoms with Gasteiger partial charge in [-0.1, -0.05) is 24.3 Å². The van der Waals surface area contributed by atoms with E-state index < -0.39 is 5.67 Å². The van der Waals surface area contributed by atoms with Crippen molar-refractivity contribution in [1.29, 1.82) is 0 Å². The predicted octanol–water partition coefficient (Wildman–Crippen LogP) is 4.49. The van der Waals surface area contributed by atoms with Crippen molar-refractivity contribution in [2.24, 2.45) is 0 Å². The van der Waals surface area contributed by atoms with Gasteiger partial charge in [0.05, 0.1) is 12.3 Å². The summed E-state index contributed by atoms with van der Waals surface area (Å²) in [6.45, 7) is 6.81. The summed E-state index contributed by atoms with van der Waals surface area (Å²) < 4.78 is 15.8. The SMILES string of the molecule is CC1Cc2c([nH]c3ccccc23)CN1CC(C)(C)F.OCc1cn2ccccc2n1. The molecule has 5 rings (SSSR count). The highest BCUT2D eigenvalue weighted by Gasteiger charge is 2.30. The first-order chi connectivity index (χ1) is 14.3. The lowest BCUT2D eigenvalue weighted by Crippen LogP contribution is -2.44. The molecule has 5 nitrogen and oxygen atoms in total. The van der Waals surface area contributed by atoms with Crippen LogP contribution in [0.15, 0.2) is 54.9 Å². The van der Waals surface area contributed by atoms with E-state index in [1.54, 1.807) is 13.8 Å². The lowest BCUT2D eigenvalue weighted by Gasteiger charge is -2.36. The van der Waals surface area contributed by atoms with Crippen LogP contribution >= 0.6 is 0 Å². The standard InChI is InChI=1S/C16H21FN2.C8H8N2O/c1-11-8-13-12-6-4-5-7-14(12)18-15(13)9-19(11)10-16(2,3)17;11-6-7-5-10-4-2-1-3-8(10)9-7/h4-7,11,18H,8-10H2,1-3H3;1-5,11H,6H2. The van der Waals surface area contributed by atoms with Crippen LogP contribution in [-0.4, -0.2) is 42.6 Å². The number of para-hydroxylation sites is 1. The molecule has 4 aromatic rings. The Kier molecular flexibility index (Phi) is 5.62. The van der Waals surface area contributed by atoms with Crippen molar-refractivity contribution in [2.45, 2.75) is 52.1 Å². The lowest BCUT2D eigenvalue weighted by molar-refractivity contribution is 0.0853. The third-order valence-corrected chi connectivity index (χ3v) is 5.54. The van der Waals surface area contributed by atoms with Gasteiger partial charge in [0.25, 0.3) is 0 Å². The highest BCUT2D eigenvalue weighted by atomic mass is 19.1. The smallest absolute Gasteiger partial charge is 0.137 e. The van der Waals surface area contributed by atoms with E-state index in [2.05, 4.69) is 46.1 Å². The van der Waals surface area contributed by atoms with Gasteiger partial charge in [0.15, 0.2) is 0 Å². The van der Waals surface area contributed by atoms with Crippen LogP contribution in [0.1, 0.15) is 37.7 Å². The number of alkyl halides is 1. The molecular weight excluding hydrogens is 379 g/mol. The Labute approximate surface area is 176 Å². The number of benzene rings is 1. The summed E-state index contributed by atoms with van der Waals surface area (Å²) in [6.07, 6.45) is 4.71. The maximum atomic E-state index is 13.9. The molecule has 1 atom stereocenters. The van der Waals surface area contributed by atoms with Gasteiger partial charge in [0.2, 0.25) is 0 Å². The first kappa shape index (κ1) is 20.6. The van der Waals surface area contributed by atoms with Gasteiger partial charge in [0.1, 0.15) is 11.3 Å². The number of nitrogens with zero attached hydrogens (tertiary/aromatic N) is 3. The number of aromatic amines is 1. The molecule has 3 aromatic heterocycles. The van der Waals surface area contributed by atoms with Gasteiger partial charge >= 0.3 is 0 Å². The highest BCUT2D eigenvalue weighted by Crippen LogP contribution is 2.31. The summed E-state index contributed by atoms with van der Waals surface area (Å²) in [7, 11) is 0. The summed E-state index contributed by atoms with van der Waals surface area (Å²) >= 11 is 0. The first-order valence-electron chi connectivity index (χ1n) is 10.4. The number of rotatable bonds is 3. The molecule has 2 N–H and O–H groups in total. The highest BCUT2D eigenvalue weighted by molar-refractivity contribution is 5.84. The summed E-state index contributed by atoms with van der Waals surface area (Å²) in [4.78, 5) is 9.87. The Morgan fingerprint density at radius 2 is 1.97 bits per heavy atom. The Morgan fingerprint density at radius 3 is 2.70 bits per heavy atom. The van der Waals surface area contributed by atoms with Gasteiger partial charge in [-0.3, -0.25) is 4.90 Å². The zero-order valence-corrected chi connectivity index (χ0v) is 17.8. The molecule has 1 unspecified atom stereocenters. The van der Waals surface area contributed by atoms with Crippen LogP contribution in [0.25, 0.3) is 16.6 Å². The number of halogens is 1. The van der Waals surface area contributed by atoms with Crippen molar-refractivity contribution in [3.05, 3.63) is 71.8 Å². The first-order valence-corrected chi connectivity index (χ1v) is 10.4. The van der Waals surface area contributed by atoms with Gasteiger partial charge in [-0.05, 0) is 51.0 Å². The third kappa shape index (κ3) is 4.40. The molecule has 0 saturated heterocycles. The van der Waals surface area contributed by atoms with Crippen LogP contribution in [-0.2, 0) is 19.6 Å². The molecule has 6 heteroatoms. The molecule has 0 bridgehead atoms. The second-order valence-corrected chi connectivity index (χ2v) is 8.66. The fraction of sp³-hybridized carbons (Fsp3) is 0.375. The zero-order valence-electron chi connectivity index (χ0n) is 17.8. The van der Waals surface area contributed by atoms with Crippen LogP contribution in [0.5, 0.6) is 0 Å². The van der Waals surface area contributed by atoms with E-state index in [-0.39, 0.29) is 6.61 Å². The molecule has 1 aliphatic heterocycles. The van der Waals surface area contributed by atoms with Crippen molar-refractivity contribution in [3.8, 4) is 0 Å². The molecule has 4 heterocycles. The Morgan fingerprint density at radius 1 is 1.20 bits per heavy atom. The van der Waals surface area contributed by atoms with Crippen LogP contribution in [0.3, 0.4) is 0 Å². The Bertz CT molecular complexity index is 1110. The number of hydrogen-bond acceptors (Lipinski definition) is 3. The topological polar surface area (TPSA) is 56.6 Å². The van der Waals surface area contributed by atoms with Crippen LogP contribution in [0, 0.1) is 0 Å². The Hall–Kier alpha value is -2.70. The average Bonchev–Trinajstić information content (AvgIpc) is 3.28. The number of nitrogens with one attached hydrogen (secondary N) is 1. The maximum absolute atomic E-state index is 13.9. The molecule has 0 fully saturated rings. The summed E-state index contributed by atoms with van der Waals surface area (Å²) in [6, 6.07) is 14.6. The van der Waals surface area contributed by atoms with E-state index in [4.69, 9.17) is 5.11 Å². The number of aromatic nitrogens is 3. The number of hydrogen-bond donors (Lipinski definition) is 2. The number of aliphatic hydroxyl groups excluding tert-OH is 1. The van der Waals surface area contributed by atoms with E-state index in [1.165, 1.54) is 22.2 Å². The number of imidazole rings is 1. The van der Waals surface area contributed by atoms with E-state index >= 15 is 0 Å². The second kappa shape index (κ2) is 8.20.